The van der Waals surface area contributed by atoms with Crippen LogP contribution in [-0.4, -0.2) is 22.2 Å². The molecular weight excluding hydrogens is 223 g/mol. The predicted octanol–water partition coefficient (Wildman–Crippen LogP) is 2.37. The van der Waals surface area contributed by atoms with Crippen molar-refractivity contribution in [2.24, 2.45) is 0 Å². The van der Waals surface area contributed by atoms with Gasteiger partial charge in [0.15, 0.2) is 0 Å². The lowest BCUT2D eigenvalue weighted by molar-refractivity contribution is -0.161. The second-order valence-corrected chi connectivity index (χ2v) is 3.78. The molecule has 3 nitrogen and oxygen atoms in total. The predicted molar refractivity (Wildman–Crippen MR) is 48.2 cm³/mol. The minimum atomic E-state index is -4.44. The van der Waals surface area contributed by atoms with Gasteiger partial charge in [0.25, 0.3) is 0 Å². The number of nitrogens with zero attached hydrogens (tertiary/aromatic N) is 1. The van der Waals surface area contributed by atoms with E-state index in [2.05, 4.69) is 4.98 Å². The molecule has 0 atom stereocenters. The summed E-state index contributed by atoms with van der Waals surface area (Å²) in [5, 5.41) is 8.82. The first kappa shape index (κ1) is 10.9. The summed E-state index contributed by atoms with van der Waals surface area (Å²) in [6, 6.07) is 2.47. The maximum absolute atomic E-state index is 12.8. The summed E-state index contributed by atoms with van der Waals surface area (Å²) in [5.41, 5.74) is -2.77. The molecule has 0 bridgehead atoms. The van der Waals surface area contributed by atoms with Crippen LogP contribution in [0.15, 0.2) is 18.3 Å². The standard InChI is InChI=1S/C10H8F3NO2/c11-10(12,13)9(3-4-9)7-6(8(15)16)2-1-5-14-7/h1-2,5H,3-4H2,(H,15,16). The number of rotatable bonds is 2. The molecule has 2 rings (SSSR count). The minimum Gasteiger partial charge on any atom is -0.478 e. The van der Waals surface area contributed by atoms with E-state index in [0.717, 1.165) is 6.07 Å². The Balaban J connectivity index is 2.53. The number of carboxylic acid groups (broad SMARTS) is 1. The highest BCUT2D eigenvalue weighted by molar-refractivity contribution is 5.89. The molecule has 0 aliphatic heterocycles. The third kappa shape index (κ3) is 1.45. The Hall–Kier alpha value is -1.59. The van der Waals surface area contributed by atoms with E-state index < -0.39 is 17.6 Å². The van der Waals surface area contributed by atoms with E-state index in [4.69, 9.17) is 5.11 Å². The molecule has 1 heterocycles. The summed E-state index contributed by atoms with van der Waals surface area (Å²) < 4.78 is 38.4. The molecule has 0 amide bonds. The van der Waals surface area contributed by atoms with Crippen molar-refractivity contribution in [2.75, 3.05) is 0 Å². The van der Waals surface area contributed by atoms with Gasteiger partial charge >= 0.3 is 12.1 Å². The van der Waals surface area contributed by atoms with Crippen molar-refractivity contribution in [3.63, 3.8) is 0 Å². The fourth-order valence-corrected chi connectivity index (χ4v) is 1.74. The number of carbonyl (C=O) groups is 1. The summed E-state index contributed by atoms with van der Waals surface area (Å²) in [4.78, 5) is 14.4. The van der Waals surface area contributed by atoms with Crippen LogP contribution >= 0.6 is 0 Å². The second kappa shape index (κ2) is 3.20. The molecule has 0 radical (unpaired) electrons. The third-order valence-corrected chi connectivity index (χ3v) is 2.78. The third-order valence-electron chi connectivity index (χ3n) is 2.78. The van der Waals surface area contributed by atoms with Crippen LogP contribution in [-0.2, 0) is 5.41 Å². The van der Waals surface area contributed by atoms with Crippen LogP contribution < -0.4 is 0 Å². The first-order valence-electron chi connectivity index (χ1n) is 4.64. The Kier molecular flexibility index (Phi) is 2.18. The van der Waals surface area contributed by atoms with E-state index in [1.165, 1.54) is 12.3 Å². The lowest BCUT2D eigenvalue weighted by atomic mass is 9.96. The summed E-state index contributed by atoms with van der Waals surface area (Å²) in [5.74, 6) is -1.38. The van der Waals surface area contributed by atoms with E-state index in [9.17, 15) is 18.0 Å². The van der Waals surface area contributed by atoms with Crippen molar-refractivity contribution in [1.29, 1.82) is 0 Å². The smallest absolute Gasteiger partial charge is 0.399 e. The molecule has 16 heavy (non-hydrogen) atoms. The van der Waals surface area contributed by atoms with Crippen molar-refractivity contribution in [1.82, 2.24) is 4.98 Å². The van der Waals surface area contributed by atoms with Crippen molar-refractivity contribution < 1.29 is 23.1 Å². The highest BCUT2D eigenvalue weighted by Crippen LogP contribution is 2.58. The van der Waals surface area contributed by atoms with Crippen molar-refractivity contribution >= 4 is 5.97 Å². The minimum absolute atomic E-state index is 0.0895. The number of alkyl halides is 3. The van der Waals surface area contributed by atoms with Gasteiger partial charge in [-0.25, -0.2) is 4.79 Å². The molecule has 1 aliphatic carbocycles. The van der Waals surface area contributed by atoms with E-state index in [-0.39, 0.29) is 24.1 Å². The Morgan fingerprint density at radius 1 is 1.44 bits per heavy atom. The molecule has 1 aliphatic rings. The van der Waals surface area contributed by atoms with E-state index in [0.29, 0.717) is 0 Å². The van der Waals surface area contributed by atoms with Crippen molar-refractivity contribution in [3.05, 3.63) is 29.6 Å². The molecule has 1 N–H and O–H groups in total. The number of halogens is 3. The van der Waals surface area contributed by atoms with Crippen LogP contribution in [0.1, 0.15) is 28.9 Å². The van der Waals surface area contributed by atoms with Gasteiger partial charge in [0, 0.05) is 6.20 Å². The molecule has 86 valence electrons. The van der Waals surface area contributed by atoms with Gasteiger partial charge in [-0.2, -0.15) is 13.2 Å². The zero-order valence-electron chi connectivity index (χ0n) is 8.08. The van der Waals surface area contributed by atoms with Gasteiger partial charge in [-0.15, -0.1) is 0 Å². The molecule has 0 unspecified atom stereocenters. The van der Waals surface area contributed by atoms with Crippen LogP contribution in [0.2, 0.25) is 0 Å². The van der Waals surface area contributed by atoms with Gasteiger partial charge in [0.1, 0.15) is 5.41 Å². The van der Waals surface area contributed by atoms with E-state index >= 15 is 0 Å². The molecular formula is C10H8F3NO2. The Labute approximate surface area is 88.9 Å². The quantitative estimate of drug-likeness (QED) is 0.850. The van der Waals surface area contributed by atoms with Gasteiger partial charge in [-0.05, 0) is 25.0 Å². The number of aromatic carboxylic acids is 1. The average molecular weight is 231 g/mol. The highest BCUT2D eigenvalue weighted by atomic mass is 19.4. The lowest BCUT2D eigenvalue weighted by Gasteiger charge is -2.19. The summed E-state index contributed by atoms with van der Waals surface area (Å²) in [6.45, 7) is 0. The SMILES string of the molecule is O=C(O)c1cccnc1C1(C(F)(F)F)CC1. The number of hydrogen-bond acceptors (Lipinski definition) is 2. The summed E-state index contributed by atoms with van der Waals surface area (Å²) in [7, 11) is 0. The first-order valence-corrected chi connectivity index (χ1v) is 4.64. The van der Waals surface area contributed by atoms with Crippen LogP contribution in [0.25, 0.3) is 0 Å². The number of pyridine rings is 1. The maximum atomic E-state index is 12.8. The van der Waals surface area contributed by atoms with Crippen LogP contribution in [0.3, 0.4) is 0 Å². The zero-order valence-corrected chi connectivity index (χ0v) is 8.08. The van der Waals surface area contributed by atoms with Crippen molar-refractivity contribution in [3.8, 4) is 0 Å². The van der Waals surface area contributed by atoms with E-state index in [1.54, 1.807) is 0 Å². The van der Waals surface area contributed by atoms with Crippen LogP contribution in [0, 0.1) is 0 Å². The van der Waals surface area contributed by atoms with Gasteiger partial charge in [-0.1, -0.05) is 0 Å². The molecule has 6 heteroatoms. The average Bonchev–Trinajstić information content (AvgIpc) is 2.97. The normalized spacial score (nSPS) is 18.2. The van der Waals surface area contributed by atoms with Crippen LogP contribution in [0.5, 0.6) is 0 Å². The highest BCUT2D eigenvalue weighted by Gasteiger charge is 2.66. The number of hydrogen-bond donors (Lipinski definition) is 1. The van der Waals surface area contributed by atoms with Gasteiger partial charge in [0.2, 0.25) is 0 Å². The Bertz CT molecular complexity index is 438. The first-order chi connectivity index (χ1) is 7.38. The molecule has 0 aromatic carbocycles. The summed E-state index contributed by atoms with van der Waals surface area (Å²) >= 11 is 0. The molecule has 1 aromatic heterocycles. The maximum Gasteiger partial charge on any atom is 0.399 e. The number of carboxylic acids is 1. The summed E-state index contributed by atoms with van der Waals surface area (Å²) in [6.07, 6.45) is -3.43. The van der Waals surface area contributed by atoms with E-state index in [1.807, 2.05) is 0 Å². The fourth-order valence-electron chi connectivity index (χ4n) is 1.74. The monoisotopic (exact) mass is 231 g/mol. The molecule has 0 spiro atoms. The zero-order chi connectivity index (χ0) is 12.0. The topological polar surface area (TPSA) is 50.2 Å². The fraction of sp³-hybridized carbons (Fsp3) is 0.400. The largest absolute Gasteiger partial charge is 0.478 e. The Morgan fingerprint density at radius 2 is 2.06 bits per heavy atom. The molecule has 1 aromatic rings. The van der Waals surface area contributed by atoms with Gasteiger partial charge in [0.05, 0.1) is 11.3 Å². The van der Waals surface area contributed by atoms with Gasteiger partial charge in [-0.3, -0.25) is 4.98 Å². The number of aromatic nitrogens is 1. The van der Waals surface area contributed by atoms with Crippen LogP contribution in [0.4, 0.5) is 13.2 Å². The lowest BCUT2D eigenvalue weighted by Crippen LogP contribution is -2.31. The molecule has 1 saturated carbocycles. The second-order valence-electron chi connectivity index (χ2n) is 3.78. The Morgan fingerprint density at radius 3 is 2.50 bits per heavy atom. The van der Waals surface area contributed by atoms with Gasteiger partial charge < -0.3 is 5.11 Å². The molecule has 0 saturated heterocycles. The molecule has 1 fully saturated rings. The van der Waals surface area contributed by atoms with Crippen molar-refractivity contribution in [2.45, 2.75) is 24.4 Å².